The second-order valence-electron chi connectivity index (χ2n) is 6.17. The molecule has 1 aromatic carbocycles. The molecule has 126 valence electrons. The van der Waals surface area contributed by atoms with Gasteiger partial charge in [-0.25, -0.2) is 8.42 Å². The van der Waals surface area contributed by atoms with Crippen molar-refractivity contribution in [1.82, 2.24) is 0 Å². The van der Waals surface area contributed by atoms with Crippen LogP contribution in [-0.4, -0.2) is 39.8 Å². The molecule has 0 bridgehead atoms. The summed E-state index contributed by atoms with van der Waals surface area (Å²) in [5.41, 5.74) is 2.28. The zero-order chi connectivity index (χ0) is 16.4. The molecule has 1 fully saturated rings. The first-order valence-electron chi connectivity index (χ1n) is 7.95. The Labute approximate surface area is 136 Å². The number of benzene rings is 1. The third-order valence-corrected chi connectivity index (χ3v) is 5.49. The molecule has 1 N–H and O–H groups in total. The Morgan fingerprint density at radius 2 is 2.22 bits per heavy atom. The van der Waals surface area contributed by atoms with E-state index in [-0.39, 0.29) is 12.0 Å². The van der Waals surface area contributed by atoms with E-state index in [0.29, 0.717) is 30.8 Å². The Morgan fingerprint density at radius 3 is 2.91 bits per heavy atom. The molecular weight excluding hydrogens is 316 g/mol. The fourth-order valence-corrected chi connectivity index (χ4v) is 4.11. The molecule has 1 aromatic rings. The molecular formula is C16H22N2O4S. The van der Waals surface area contributed by atoms with Crippen molar-refractivity contribution in [2.45, 2.75) is 38.2 Å². The number of amides is 1. The van der Waals surface area contributed by atoms with Crippen molar-refractivity contribution >= 4 is 27.3 Å². The van der Waals surface area contributed by atoms with E-state index >= 15 is 0 Å². The maximum absolute atomic E-state index is 12.1. The highest BCUT2D eigenvalue weighted by atomic mass is 32.2. The standard InChI is InChI=1S/C16H22N2O4S/c1-23(20,21)18-8-7-12-5-6-13(10-15(12)18)17-16(19)11-14-4-2-3-9-22-14/h5-6,10,14H,2-4,7-9,11H2,1H3,(H,17,19). The molecule has 2 aliphatic heterocycles. The zero-order valence-corrected chi connectivity index (χ0v) is 14.1. The van der Waals surface area contributed by atoms with Gasteiger partial charge in [0.05, 0.1) is 24.5 Å². The average molecular weight is 338 g/mol. The summed E-state index contributed by atoms with van der Waals surface area (Å²) in [5, 5.41) is 2.85. The molecule has 1 amide bonds. The van der Waals surface area contributed by atoms with Crippen molar-refractivity contribution in [3.8, 4) is 0 Å². The summed E-state index contributed by atoms with van der Waals surface area (Å²) in [4.78, 5) is 12.1. The van der Waals surface area contributed by atoms with Crippen LogP contribution >= 0.6 is 0 Å². The molecule has 0 aromatic heterocycles. The zero-order valence-electron chi connectivity index (χ0n) is 13.2. The van der Waals surface area contributed by atoms with Crippen molar-refractivity contribution in [3.63, 3.8) is 0 Å². The number of nitrogens with one attached hydrogen (secondary N) is 1. The fourth-order valence-electron chi connectivity index (χ4n) is 3.16. The van der Waals surface area contributed by atoms with Crippen LogP contribution in [0.4, 0.5) is 11.4 Å². The maximum atomic E-state index is 12.1. The number of anilines is 2. The minimum atomic E-state index is -3.28. The van der Waals surface area contributed by atoms with Gasteiger partial charge in [0.1, 0.15) is 0 Å². The number of hydrogen-bond donors (Lipinski definition) is 1. The Balaban J connectivity index is 1.68. The molecule has 0 spiro atoms. The third-order valence-electron chi connectivity index (χ3n) is 4.31. The summed E-state index contributed by atoms with van der Waals surface area (Å²) in [7, 11) is -3.28. The first kappa shape index (κ1) is 16.3. The van der Waals surface area contributed by atoms with E-state index in [4.69, 9.17) is 4.74 Å². The number of hydrogen-bond acceptors (Lipinski definition) is 4. The molecule has 1 atom stereocenters. The van der Waals surface area contributed by atoms with Crippen LogP contribution < -0.4 is 9.62 Å². The molecule has 23 heavy (non-hydrogen) atoms. The minimum Gasteiger partial charge on any atom is -0.378 e. The van der Waals surface area contributed by atoms with Gasteiger partial charge in [0.15, 0.2) is 0 Å². The largest absolute Gasteiger partial charge is 0.378 e. The number of nitrogens with zero attached hydrogens (tertiary/aromatic N) is 1. The van der Waals surface area contributed by atoms with Gasteiger partial charge >= 0.3 is 0 Å². The molecule has 6 nitrogen and oxygen atoms in total. The lowest BCUT2D eigenvalue weighted by molar-refractivity contribution is -0.119. The summed E-state index contributed by atoms with van der Waals surface area (Å²) in [6.45, 7) is 1.18. The lowest BCUT2D eigenvalue weighted by Gasteiger charge is -2.22. The Kier molecular flexibility index (Phi) is 4.59. The lowest BCUT2D eigenvalue weighted by Crippen LogP contribution is -2.28. The van der Waals surface area contributed by atoms with Crippen LogP contribution in [0.3, 0.4) is 0 Å². The van der Waals surface area contributed by atoms with E-state index in [1.165, 1.54) is 10.6 Å². The summed E-state index contributed by atoms with van der Waals surface area (Å²) >= 11 is 0. The monoisotopic (exact) mass is 338 g/mol. The number of rotatable bonds is 4. The predicted octanol–water partition coefficient (Wildman–Crippen LogP) is 1.91. The van der Waals surface area contributed by atoms with Gasteiger partial charge < -0.3 is 10.1 Å². The van der Waals surface area contributed by atoms with Crippen molar-refractivity contribution in [3.05, 3.63) is 23.8 Å². The lowest BCUT2D eigenvalue weighted by atomic mass is 10.1. The molecule has 0 radical (unpaired) electrons. The molecule has 1 saturated heterocycles. The Bertz CT molecular complexity index is 696. The minimum absolute atomic E-state index is 0.00862. The summed E-state index contributed by atoms with van der Waals surface area (Å²) in [6, 6.07) is 5.44. The van der Waals surface area contributed by atoms with Crippen LogP contribution in [0.1, 0.15) is 31.2 Å². The van der Waals surface area contributed by atoms with Gasteiger partial charge in [-0.15, -0.1) is 0 Å². The highest BCUT2D eigenvalue weighted by Gasteiger charge is 2.26. The van der Waals surface area contributed by atoms with E-state index in [2.05, 4.69) is 5.32 Å². The van der Waals surface area contributed by atoms with E-state index in [0.717, 1.165) is 31.4 Å². The fraction of sp³-hybridized carbons (Fsp3) is 0.562. The number of carbonyl (C=O) groups excluding carboxylic acids is 1. The smallest absolute Gasteiger partial charge is 0.232 e. The summed E-state index contributed by atoms with van der Waals surface area (Å²) < 4.78 is 30.6. The van der Waals surface area contributed by atoms with Crippen molar-refractivity contribution in [1.29, 1.82) is 0 Å². The van der Waals surface area contributed by atoms with Crippen LogP contribution in [0.15, 0.2) is 18.2 Å². The molecule has 0 aliphatic carbocycles. The summed E-state index contributed by atoms with van der Waals surface area (Å²) in [6.07, 6.45) is 5.31. The molecule has 2 heterocycles. The van der Waals surface area contributed by atoms with Gasteiger partial charge in [0.25, 0.3) is 0 Å². The number of fused-ring (bicyclic) bond motifs is 1. The van der Waals surface area contributed by atoms with E-state index < -0.39 is 10.0 Å². The van der Waals surface area contributed by atoms with E-state index in [1.54, 1.807) is 6.07 Å². The SMILES string of the molecule is CS(=O)(=O)N1CCc2ccc(NC(=O)CC3CCCCO3)cc21. The second kappa shape index (κ2) is 6.49. The van der Waals surface area contributed by atoms with E-state index in [9.17, 15) is 13.2 Å². The average Bonchev–Trinajstić information content (AvgIpc) is 2.91. The van der Waals surface area contributed by atoms with Gasteiger partial charge in [-0.05, 0) is 43.4 Å². The number of sulfonamides is 1. The number of ether oxygens (including phenoxy) is 1. The molecule has 7 heteroatoms. The van der Waals surface area contributed by atoms with Crippen LogP contribution in [0.2, 0.25) is 0 Å². The number of carbonyl (C=O) groups is 1. The molecule has 2 aliphatic rings. The molecule has 0 saturated carbocycles. The predicted molar refractivity (Wildman–Crippen MR) is 89.2 cm³/mol. The summed E-state index contributed by atoms with van der Waals surface area (Å²) in [5.74, 6) is -0.0965. The van der Waals surface area contributed by atoms with Crippen LogP contribution in [-0.2, 0) is 26.0 Å². The van der Waals surface area contributed by atoms with Gasteiger partial charge in [-0.2, -0.15) is 0 Å². The molecule has 3 rings (SSSR count). The Morgan fingerprint density at radius 1 is 1.39 bits per heavy atom. The van der Waals surface area contributed by atoms with Crippen molar-refractivity contribution in [2.24, 2.45) is 0 Å². The van der Waals surface area contributed by atoms with Gasteiger partial charge in [0, 0.05) is 18.8 Å². The van der Waals surface area contributed by atoms with E-state index in [1.807, 2.05) is 12.1 Å². The highest BCUT2D eigenvalue weighted by Crippen LogP contribution is 2.32. The quantitative estimate of drug-likeness (QED) is 0.910. The van der Waals surface area contributed by atoms with Crippen LogP contribution in [0.5, 0.6) is 0 Å². The normalized spacial score (nSPS) is 21.1. The van der Waals surface area contributed by atoms with Crippen LogP contribution in [0, 0.1) is 0 Å². The van der Waals surface area contributed by atoms with Crippen LogP contribution in [0.25, 0.3) is 0 Å². The Hall–Kier alpha value is -1.60. The second-order valence-corrected chi connectivity index (χ2v) is 8.08. The first-order valence-corrected chi connectivity index (χ1v) is 9.80. The third kappa shape index (κ3) is 3.84. The maximum Gasteiger partial charge on any atom is 0.232 e. The topological polar surface area (TPSA) is 75.7 Å². The van der Waals surface area contributed by atoms with Gasteiger partial charge in [-0.3, -0.25) is 9.10 Å². The van der Waals surface area contributed by atoms with Crippen molar-refractivity contribution in [2.75, 3.05) is 29.0 Å². The first-order chi connectivity index (χ1) is 10.9. The van der Waals surface area contributed by atoms with Crippen molar-refractivity contribution < 1.29 is 17.9 Å². The molecule has 1 unspecified atom stereocenters. The highest BCUT2D eigenvalue weighted by molar-refractivity contribution is 7.92. The van der Waals surface area contributed by atoms with Gasteiger partial charge in [0.2, 0.25) is 15.9 Å². The van der Waals surface area contributed by atoms with Gasteiger partial charge in [-0.1, -0.05) is 6.07 Å².